The predicted octanol–water partition coefficient (Wildman–Crippen LogP) is 5.22. The van der Waals surface area contributed by atoms with Crippen LogP contribution in [0.4, 0.5) is 5.69 Å². The highest BCUT2D eigenvalue weighted by Gasteiger charge is 2.16. The van der Waals surface area contributed by atoms with Crippen LogP contribution in [0.25, 0.3) is 5.69 Å². The van der Waals surface area contributed by atoms with Crippen molar-refractivity contribution in [3.63, 3.8) is 0 Å². The minimum atomic E-state index is -0.723. The van der Waals surface area contributed by atoms with E-state index in [9.17, 15) is 14.7 Å². The molecule has 184 valence electrons. The number of benzene rings is 3. The maximum absolute atomic E-state index is 12.0. The standard InChI is InChI=1S/C26H22Cl2N4O4/c27-20-11-17(32-26(35)31-24(34)14-30-32)12-21(28)25(20)36-18-8-9-23(33)16(10-18)13-29-22-7-3-5-15-4-1-2-6-19(15)22/h3,5,7-12,14,29,33H,1-2,4,6,13H2,(H,31,34,35). The molecule has 1 aliphatic carbocycles. The number of hydrogen-bond acceptors (Lipinski definition) is 6. The van der Waals surface area contributed by atoms with Crippen molar-refractivity contribution in [1.82, 2.24) is 14.8 Å². The molecule has 0 spiro atoms. The van der Waals surface area contributed by atoms with Gasteiger partial charge in [-0.2, -0.15) is 9.78 Å². The first-order valence-electron chi connectivity index (χ1n) is 11.4. The van der Waals surface area contributed by atoms with E-state index in [-0.39, 0.29) is 27.2 Å². The zero-order valence-corrected chi connectivity index (χ0v) is 20.6. The molecule has 1 heterocycles. The van der Waals surface area contributed by atoms with Gasteiger partial charge >= 0.3 is 5.69 Å². The van der Waals surface area contributed by atoms with Crippen LogP contribution in [-0.4, -0.2) is 19.9 Å². The number of nitrogens with zero attached hydrogens (tertiary/aromatic N) is 2. The molecule has 0 saturated heterocycles. The first-order valence-corrected chi connectivity index (χ1v) is 12.2. The van der Waals surface area contributed by atoms with Crippen LogP contribution in [0.2, 0.25) is 10.0 Å². The van der Waals surface area contributed by atoms with E-state index in [0.717, 1.165) is 29.4 Å². The Morgan fingerprint density at radius 1 is 1.06 bits per heavy atom. The molecule has 4 aromatic rings. The number of halogens is 2. The number of aromatic hydroxyl groups is 1. The van der Waals surface area contributed by atoms with E-state index in [1.807, 2.05) is 0 Å². The highest BCUT2D eigenvalue weighted by Crippen LogP contribution is 2.39. The van der Waals surface area contributed by atoms with E-state index in [1.54, 1.807) is 18.2 Å². The van der Waals surface area contributed by atoms with Crippen LogP contribution in [-0.2, 0) is 19.4 Å². The number of aryl methyl sites for hydroxylation is 1. The lowest BCUT2D eigenvalue weighted by Crippen LogP contribution is -2.30. The average Bonchev–Trinajstić information content (AvgIpc) is 2.86. The van der Waals surface area contributed by atoms with Gasteiger partial charge in [-0.3, -0.25) is 9.78 Å². The number of aromatic nitrogens is 3. The largest absolute Gasteiger partial charge is 0.508 e. The van der Waals surface area contributed by atoms with Crippen molar-refractivity contribution in [2.45, 2.75) is 32.2 Å². The van der Waals surface area contributed by atoms with Crippen LogP contribution in [0, 0.1) is 0 Å². The van der Waals surface area contributed by atoms with Crippen molar-refractivity contribution in [2.24, 2.45) is 0 Å². The summed E-state index contributed by atoms with van der Waals surface area (Å²) in [7, 11) is 0. The second-order valence-electron chi connectivity index (χ2n) is 8.49. The van der Waals surface area contributed by atoms with Crippen molar-refractivity contribution in [3.05, 3.63) is 102 Å². The van der Waals surface area contributed by atoms with E-state index in [0.29, 0.717) is 17.9 Å². The minimum absolute atomic E-state index is 0.135. The molecule has 0 amide bonds. The lowest BCUT2D eigenvalue weighted by Gasteiger charge is -2.20. The van der Waals surface area contributed by atoms with Crippen LogP contribution in [0.3, 0.4) is 0 Å². The van der Waals surface area contributed by atoms with Crippen molar-refractivity contribution >= 4 is 28.9 Å². The third-order valence-electron chi connectivity index (χ3n) is 6.08. The topological polar surface area (TPSA) is 109 Å². The molecule has 10 heteroatoms. The molecule has 36 heavy (non-hydrogen) atoms. The highest BCUT2D eigenvalue weighted by atomic mass is 35.5. The van der Waals surface area contributed by atoms with Crippen LogP contribution < -0.4 is 21.3 Å². The summed E-state index contributed by atoms with van der Waals surface area (Å²) < 4.78 is 6.92. The second kappa shape index (κ2) is 10.1. The van der Waals surface area contributed by atoms with Crippen LogP contribution in [0.1, 0.15) is 29.5 Å². The van der Waals surface area contributed by atoms with Crippen LogP contribution >= 0.6 is 23.2 Å². The maximum atomic E-state index is 12.0. The third-order valence-corrected chi connectivity index (χ3v) is 6.64. The lowest BCUT2D eigenvalue weighted by atomic mass is 9.90. The Bertz CT molecular complexity index is 1540. The monoisotopic (exact) mass is 524 g/mol. The van der Waals surface area contributed by atoms with E-state index in [4.69, 9.17) is 27.9 Å². The molecule has 5 rings (SSSR count). The molecule has 0 fully saturated rings. The lowest BCUT2D eigenvalue weighted by molar-refractivity contribution is 0.459. The summed E-state index contributed by atoms with van der Waals surface area (Å²) in [5.74, 6) is 0.743. The van der Waals surface area contributed by atoms with Crippen molar-refractivity contribution < 1.29 is 9.84 Å². The van der Waals surface area contributed by atoms with Gasteiger partial charge in [0.1, 0.15) is 17.7 Å². The fraction of sp³-hybridized carbons (Fsp3) is 0.192. The second-order valence-corrected chi connectivity index (χ2v) is 9.30. The quantitative estimate of drug-likeness (QED) is 0.319. The van der Waals surface area contributed by atoms with Gasteiger partial charge in [0.25, 0.3) is 5.56 Å². The summed E-state index contributed by atoms with van der Waals surface area (Å²) >= 11 is 12.8. The Hall–Kier alpha value is -3.75. The van der Waals surface area contributed by atoms with Gasteiger partial charge in [-0.15, -0.1) is 0 Å². The van der Waals surface area contributed by atoms with Crippen molar-refractivity contribution in [1.29, 1.82) is 0 Å². The minimum Gasteiger partial charge on any atom is -0.508 e. The van der Waals surface area contributed by atoms with Crippen molar-refractivity contribution in [3.8, 4) is 22.9 Å². The number of ether oxygens (including phenoxy) is 1. The van der Waals surface area contributed by atoms with Gasteiger partial charge in [-0.1, -0.05) is 35.3 Å². The fourth-order valence-corrected chi connectivity index (χ4v) is 4.88. The molecule has 0 saturated carbocycles. The van der Waals surface area contributed by atoms with Gasteiger partial charge in [-0.05, 0) is 73.2 Å². The van der Waals surface area contributed by atoms with Gasteiger partial charge in [0.15, 0.2) is 5.75 Å². The number of rotatable bonds is 6. The SMILES string of the molecule is O=c1cnn(-c2cc(Cl)c(Oc3ccc(O)c(CNc4cccc5c4CCCC5)c3)c(Cl)c2)c(=O)[nH]1. The number of phenols is 1. The van der Waals surface area contributed by atoms with E-state index in [2.05, 4.69) is 33.6 Å². The molecule has 0 atom stereocenters. The van der Waals surface area contributed by atoms with E-state index >= 15 is 0 Å². The van der Waals surface area contributed by atoms with E-state index in [1.165, 1.54) is 36.1 Å². The summed E-state index contributed by atoms with van der Waals surface area (Å²) in [4.78, 5) is 25.5. The molecule has 1 aromatic heterocycles. The van der Waals surface area contributed by atoms with Gasteiger partial charge < -0.3 is 15.2 Å². The van der Waals surface area contributed by atoms with Crippen LogP contribution in [0.15, 0.2) is 64.3 Å². The average molecular weight is 525 g/mol. The number of H-pyrrole nitrogens is 1. The van der Waals surface area contributed by atoms with Gasteiger partial charge in [0.2, 0.25) is 0 Å². The molecule has 0 bridgehead atoms. The van der Waals surface area contributed by atoms with Crippen LogP contribution in [0.5, 0.6) is 17.2 Å². The number of phenolic OH excluding ortho intramolecular Hbond substituents is 1. The number of anilines is 1. The number of fused-ring (bicyclic) bond motifs is 1. The summed E-state index contributed by atoms with van der Waals surface area (Å²) in [5.41, 5.74) is 3.36. The zero-order chi connectivity index (χ0) is 25.2. The number of hydrogen-bond donors (Lipinski definition) is 3. The number of nitrogens with one attached hydrogen (secondary N) is 2. The smallest absolute Gasteiger partial charge is 0.349 e. The molecule has 3 aromatic carbocycles. The van der Waals surface area contributed by atoms with Gasteiger partial charge in [0.05, 0.1) is 15.7 Å². The fourth-order valence-electron chi connectivity index (χ4n) is 4.33. The highest BCUT2D eigenvalue weighted by molar-refractivity contribution is 6.37. The Morgan fingerprint density at radius 3 is 2.61 bits per heavy atom. The first kappa shape index (κ1) is 24.0. The Balaban J connectivity index is 1.37. The molecular weight excluding hydrogens is 503 g/mol. The third kappa shape index (κ3) is 4.96. The predicted molar refractivity (Wildman–Crippen MR) is 139 cm³/mol. The molecule has 3 N–H and O–H groups in total. The molecule has 0 radical (unpaired) electrons. The number of aromatic amines is 1. The van der Waals surface area contributed by atoms with Crippen molar-refractivity contribution in [2.75, 3.05) is 5.32 Å². The summed E-state index contributed by atoms with van der Waals surface area (Å²) in [5, 5.41) is 18.0. The first-order chi connectivity index (χ1) is 17.4. The molecule has 0 aliphatic heterocycles. The van der Waals surface area contributed by atoms with Gasteiger partial charge in [-0.25, -0.2) is 4.79 Å². The molecule has 0 unspecified atom stereocenters. The Labute approximate surface area is 216 Å². The summed E-state index contributed by atoms with van der Waals surface area (Å²) in [6.07, 6.45) is 5.49. The summed E-state index contributed by atoms with van der Waals surface area (Å²) in [6, 6.07) is 14.1. The molecular formula is C26H22Cl2N4O4. The normalized spacial score (nSPS) is 12.7. The summed E-state index contributed by atoms with van der Waals surface area (Å²) in [6.45, 7) is 0.403. The molecule has 8 nitrogen and oxygen atoms in total. The van der Waals surface area contributed by atoms with Gasteiger partial charge in [0, 0.05) is 17.8 Å². The Kier molecular flexibility index (Phi) is 6.71. The Morgan fingerprint density at radius 2 is 1.83 bits per heavy atom. The van der Waals surface area contributed by atoms with E-state index < -0.39 is 11.2 Å². The molecule has 1 aliphatic rings. The maximum Gasteiger partial charge on any atom is 0.349 e. The zero-order valence-electron chi connectivity index (χ0n) is 19.1.